The maximum atomic E-state index is 5.73. The van der Waals surface area contributed by atoms with Gasteiger partial charge in [0, 0.05) is 18.8 Å². The molecule has 5 nitrogen and oxygen atoms in total. The van der Waals surface area contributed by atoms with Crippen molar-refractivity contribution < 1.29 is 4.74 Å². The zero-order valence-electron chi connectivity index (χ0n) is 8.01. The summed E-state index contributed by atoms with van der Waals surface area (Å²) in [5.74, 6) is 0.944. The summed E-state index contributed by atoms with van der Waals surface area (Å²) in [5.41, 5.74) is 6.10. The molecule has 2 aromatic rings. The molecular formula is C9H9ClN4O. The summed E-state index contributed by atoms with van der Waals surface area (Å²) < 4.78 is 7.03. The number of nitrogens with two attached hydrogens (primary N) is 1. The van der Waals surface area contributed by atoms with Crippen LogP contribution in [-0.4, -0.2) is 14.8 Å². The van der Waals surface area contributed by atoms with Crippen molar-refractivity contribution in [1.82, 2.24) is 14.8 Å². The molecule has 0 aliphatic rings. The van der Waals surface area contributed by atoms with E-state index in [1.807, 2.05) is 0 Å². The molecule has 0 unspecified atom stereocenters. The Kier molecular flexibility index (Phi) is 2.47. The lowest BCUT2D eigenvalue weighted by atomic mass is 10.4. The lowest BCUT2D eigenvalue weighted by molar-refractivity contribution is 0.463. The van der Waals surface area contributed by atoms with E-state index in [9.17, 15) is 0 Å². The minimum atomic E-state index is 0.300. The smallest absolute Gasteiger partial charge is 0.222 e. The number of halogens is 1. The molecule has 2 N–H and O–H groups in total. The normalized spacial score (nSPS) is 10.3. The second-order valence-corrected chi connectivity index (χ2v) is 3.40. The van der Waals surface area contributed by atoms with Gasteiger partial charge in [0.2, 0.25) is 5.88 Å². The van der Waals surface area contributed by atoms with Crippen LogP contribution in [0.2, 0.25) is 5.15 Å². The third-order valence-corrected chi connectivity index (χ3v) is 1.89. The minimum Gasteiger partial charge on any atom is -0.436 e. The van der Waals surface area contributed by atoms with Crippen LogP contribution in [0.3, 0.4) is 0 Å². The number of anilines is 1. The molecule has 0 bridgehead atoms. The van der Waals surface area contributed by atoms with Crippen molar-refractivity contribution in [3.63, 3.8) is 0 Å². The number of nitrogen functional groups attached to an aromatic ring is 1. The van der Waals surface area contributed by atoms with Gasteiger partial charge in [-0.15, -0.1) is 0 Å². The van der Waals surface area contributed by atoms with Gasteiger partial charge in [-0.05, 0) is 6.07 Å². The number of rotatable bonds is 2. The highest BCUT2D eigenvalue weighted by Crippen LogP contribution is 2.22. The maximum absolute atomic E-state index is 5.73. The van der Waals surface area contributed by atoms with E-state index in [4.69, 9.17) is 22.1 Å². The van der Waals surface area contributed by atoms with Crippen LogP contribution in [0.1, 0.15) is 0 Å². The summed E-state index contributed by atoms with van der Waals surface area (Å²) >= 11 is 5.73. The largest absolute Gasteiger partial charge is 0.436 e. The lowest BCUT2D eigenvalue weighted by Crippen LogP contribution is -1.91. The van der Waals surface area contributed by atoms with Gasteiger partial charge in [0.05, 0.1) is 12.4 Å². The van der Waals surface area contributed by atoms with Gasteiger partial charge < -0.3 is 10.5 Å². The summed E-state index contributed by atoms with van der Waals surface area (Å²) in [7, 11) is 1.80. The Morgan fingerprint density at radius 3 is 2.87 bits per heavy atom. The first kappa shape index (κ1) is 9.79. The molecule has 0 atom stereocenters. The quantitative estimate of drug-likeness (QED) is 0.791. The fourth-order valence-electron chi connectivity index (χ4n) is 1.12. The molecule has 0 spiro atoms. The van der Waals surface area contributed by atoms with Gasteiger partial charge in [-0.3, -0.25) is 4.68 Å². The van der Waals surface area contributed by atoms with E-state index in [0.717, 1.165) is 0 Å². The van der Waals surface area contributed by atoms with Crippen LogP contribution in [0.5, 0.6) is 11.6 Å². The van der Waals surface area contributed by atoms with Gasteiger partial charge in [0.15, 0.2) is 5.75 Å². The first-order valence-corrected chi connectivity index (χ1v) is 4.61. The summed E-state index contributed by atoms with van der Waals surface area (Å²) in [5, 5.41) is 4.26. The van der Waals surface area contributed by atoms with E-state index < -0.39 is 0 Å². The Labute approximate surface area is 91.4 Å². The Morgan fingerprint density at radius 1 is 1.47 bits per heavy atom. The van der Waals surface area contributed by atoms with Crippen molar-refractivity contribution in [1.29, 1.82) is 0 Å². The summed E-state index contributed by atoms with van der Waals surface area (Å²) in [6.07, 6.45) is 3.30. The zero-order chi connectivity index (χ0) is 10.8. The maximum Gasteiger partial charge on any atom is 0.222 e. The number of hydrogen-bond donors (Lipinski definition) is 1. The van der Waals surface area contributed by atoms with E-state index in [-0.39, 0.29) is 0 Å². The highest BCUT2D eigenvalue weighted by atomic mass is 35.5. The van der Waals surface area contributed by atoms with E-state index in [1.54, 1.807) is 36.3 Å². The SMILES string of the molecule is Cn1cc(Oc2cc(N)cc(Cl)n2)cn1. The van der Waals surface area contributed by atoms with Crippen molar-refractivity contribution in [3.8, 4) is 11.6 Å². The van der Waals surface area contributed by atoms with E-state index >= 15 is 0 Å². The molecule has 0 aliphatic carbocycles. The number of aromatic nitrogens is 3. The molecule has 2 aromatic heterocycles. The zero-order valence-corrected chi connectivity index (χ0v) is 8.77. The second kappa shape index (κ2) is 3.78. The predicted octanol–water partition coefficient (Wildman–Crippen LogP) is 1.84. The van der Waals surface area contributed by atoms with Gasteiger partial charge in [0.25, 0.3) is 0 Å². The Hall–Kier alpha value is -1.75. The van der Waals surface area contributed by atoms with Gasteiger partial charge in [-0.2, -0.15) is 5.10 Å². The van der Waals surface area contributed by atoms with Crippen molar-refractivity contribution in [2.24, 2.45) is 7.05 Å². The van der Waals surface area contributed by atoms with Crippen LogP contribution in [0.15, 0.2) is 24.5 Å². The van der Waals surface area contributed by atoms with Gasteiger partial charge in [-0.25, -0.2) is 4.98 Å². The molecule has 0 radical (unpaired) electrons. The average Bonchev–Trinajstić information content (AvgIpc) is 2.49. The van der Waals surface area contributed by atoms with E-state index in [2.05, 4.69) is 10.1 Å². The van der Waals surface area contributed by atoms with Crippen LogP contribution >= 0.6 is 11.6 Å². The third-order valence-electron chi connectivity index (χ3n) is 1.70. The van der Waals surface area contributed by atoms with Crippen LogP contribution in [0.4, 0.5) is 5.69 Å². The fraction of sp³-hybridized carbons (Fsp3) is 0.111. The van der Waals surface area contributed by atoms with Crippen molar-refractivity contribution in [2.45, 2.75) is 0 Å². The molecule has 15 heavy (non-hydrogen) atoms. The molecule has 6 heteroatoms. The van der Waals surface area contributed by atoms with Crippen molar-refractivity contribution >= 4 is 17.3 Å². The average molecular weight is 225 g/mol. The number of nitrogens with zero attached hydrogens (tertiary/aromatic N) is 3. The van der Waals surface area contributed by atoms with Crippen LogP contribution in [0.25, 0.3) is 0 Å². The summed E-state index contributed by atoms with van der Waals surface area (Å²) in [4.78, 5) is 3.96. The number of hydrogen-bond acceptors (Lipinski definition) is 4. The molecule has 2 heterocycles. The van der Waals surface area contributed by atoms with Gasteiger partial charge in [-0.1, -0.05) is 11.6 Å². The molecule has 78 valence electrons. The molecule has 0 amide bonds. The summed E-state index contributed by atoms with van der Waals surface area (Å²) in [6, 6.07) is 3.15. The molecule has 0 saturated carbocycles. The first-order chi connectivity index (χ1) is 7.13. The number of aryl methyl sites for hydroxylation is 1. The highest BCUT2D eigenvalue weighted by molar-refractivity contribution is 6.29. The monoisotopic (exact) mass is 224 g/mol. The topological polar surface area (TPSA) is 66.0 Å². The van der Waals surface area contributed by atoms with Gasteiger partial charge >= 0.3 is 0 Å². The predicted molar refractivity (Wildman–Crippen MR) is 56.9 cm³/mol. The molecular weight excluding hydrogens is 216 g/mol. The Bertz CT molecular complexity index is 462. The van der Waals surface area contributed by atoms with Crippen LogP contribution < -0.4 is 10.5 Å². The molecule has 2 rings (SSSR count). The molecule has 0 aliphatic heterocycles. The van der Waals surface area contributed by atoms with E-state index in [1.165, 1.54) is 0 Å². The summed E-state index contributed by atoms with van der Waals surface area (Å²) in [6.45, 7) is 0. The Morgan fingerprint density at radius 2 is 2.27 bits per heavy atom. The Balaban J connectivity index is 2.24. The number of pyridine rings is 1. The third kappa shape index (κ3) is 2.38. The first-order valence-electron chi connectivity index (χ1n) is 4.23. The van der Waals surface area contributed by atoms with Crippen molar-refractivity contribution in [3.05, 3.63) is 29.7 Å². The van der Waals surface area contributed by atoms with Gasteiger partial charge in [0.1, 0.15) is 5.15 Å². The lowest BCUT2D eigenvalue weighted by Gasteiger charge is -2.02. The minimum absolute atomic E-state index is 0.300. The van der Waals surface area contributed by atoms with Crippen LogP contribution in [0, 0.1) is 0 Å². The van der Waals surface area contributed by atoms with E-state index in [0.29, 0.717) is 22.5 Å². The highest BCUT2D eigenvalue weighted by Gasteiger charge is 2.03. The second-order valence-electron chi connectivity index (χ2n) is 3.01. The molecule has 0 saturated heterocycles. The molecule has 0 fully saturated rings. The van der Waals surface area contributed by atoms with Crippen molar-refractivity contribution in [2.75, 3.05) is 5.73 Å². The molecule has 0 aromatic carbocycles. The standard InChI is InChI=1S/C9H9ClN4O/c1-14-5-7(4-12-14)15-9-3-6(11)2-8(10)13-9/h2-5H,1H3,(H2,11,13). The fourth-order valence-corrected chi connectivity index (χ4v) is 1.33. The van der Waals surface area contributed by atoms with Crippen LogP contribution in [-0.2, 0) is 7.05 Å². The number of ether oxygens (including phenoxy) is 1.